The highest BCUT2D eigenvalue weighted by Crippen LogP contribution is 2.29. The largest absolute Gasteiger partial charge is 0.241 e. The third kappa shape index (κ3) is 1.29. The van der Waals surface area contributed by atoms with Crippen LogP contribution in [-0.2, 0) is 16.6 Å². The minimum atomic E-state index is -3.46. The van der Waals surface area contributed by atoms with Crippen LogP contribution >= 0.6 is 15.9 Å². The Morgan fingerprint density at radius 1 is 1.46 bits per heavy atom. The van der Waals surface area contributed by atoms with Crippen LogP contribution in [0.4, 0.5) is 4.39 Å². The third-order valence-electron chi connectivity index (χ3n) is 1.88. The molecule has 1 aromatic rings. The summed E-state index contributed by atoms with van der Waals surface area (Å²) in [5, 5.41) is 0. The van der Waals surface area contributed by atoms with Gasteiger partial charge in [-0.25, -0.2) is 17.5 Å². The van der Waals surface area contributed by atoms with Crippen molar-refractivity contribution in [1.82, 2.24) is 4.72 Å². The van der Waals surface area contributed by atoms with Gasteiger partial charge in [0, 0.05) is 12.1 Å². The maximum Gasteiger partial charge on any atom is 0.241 e. The van der Waals surface area contributed by atoms with Crippen LogP contribution < -0.4 is 4.72 Å². The molecule has 0 aliphatic carbocycles. The van der Waals surface area contributed by atoms with E-state index in [0.717, 1.165) is 0 Å². The van der Waals surface area contributed by atoms with E-state index < -0.39 is 15.8 Å². The second-order valence-corrected chi connectivity index (χ2v) is 5.25. The maximum atomic E-state index is 13.3. The molecule has 1 N–H and O–H groups in total. The van der Waals surface area contributed by atoms with E-state index >= 15 is 0 Å². The number of nitrogens with one attached hydrogen (secondary N) is 1. The molecule has 0 radical (unpaired) electrons. The molecule has 1 aromatic carbocycles. The lowest BCUT2D eigenvalue weighted by atomic mass is 10.2. The Balaban J connectivity index is 2.78. The van der Waals surface area contributed by atoms with Crippen molar-refractivity contribution in [2.75, 3.05) is 0 Å². The number of halogens is 2. The molecule has 1 heterocycles. The van der Waals surface area contributed by atoms with Crippen LogP contribution in [0, 0.1) is 5.82 Å². The van der Waals surface area contributed by atoms with Gasteiger partial charge < -0.3 is 0 Å². The molecule has 0 amide bonds. The highest BCUT2D eigenvalue weighted by Gasteiger charge is 2.28. The third-order valence-corrected chi connectivity index (χ3v) is 3.98. The Morgan fingerprint density at radius 2 is 2.15 bits per heavy atom. The highest BCUT2D eigenvalue weighted by atomic mass is 79.9. The Kier molecular flexibility index (Phi) is 1.94. The Hall–Kier alpha value is -0.460. The number of benzene rings is 1. The van der Waals surface area contributed by atoms with Crippen LogP contribution in [-0.4, -0.2) is 8.42 Å². The molecule has 0 saturated heterocycles. The molecule has 0 saturated carbocycles. The summed E-state index contributed by atoms with van der Waals surface area (Å²) in [5.74, 6) is -0.508. The van der Waals surface area contributed by atoms with Gasteiger partial charge in [-0.1, -0.05) is 0 Å². The number of hydrogen-bond acceptors (Lipinski definition) is 2. The first-order valence-corrected chi connectivity index (χ1v) is 5.76. The molecule has 70 valence electrons. The molecule has 13 heavy (non-hydrogen) atoms. The molecule has 2 rings (SSSR count). The number of hydrogen-bond donors (Lipinski definition) is 1. The summed E-state index contributed by atoms with van der Waals surface area (Å²) in [4.78, 5) is 0.0354. The summed E-state index contributed by atoms with van der Waals surface area (Å²) < 4.78 is 38.3. The number of fused-ring (bicyclic) bond motifs is 1. The van der Waals surface area contributed by atoms with Gasteiger partial charge in [0.15, 0.2) is 0 Å². The van der Waals surface area contributed by atoms with Crippen molar-refractivity contribution in [2.45, 2.75) is 11.4 Å². The molecule has 3 nitrogen and oxygen atoms in total. The van der Waals surface area contributed by atoms with E-state index in [1.807, 2.05) is 0 Å². The molecule has 0 unspecified atom stereocenters. The number of sulfonamides is 1. The van der Waals surface area contributed by atoms with E-state index in [2.05, 4.69) is 20.7 Å². The topological polar surface area (TPSA) is 46.2 Å². The van der Waals surface area contributed by atoms with E-state index in [9.17, 15) is 12.8 Å². The van der Waals surface area contributed by atoms with Gasteiger partial charge in [-0.15, -0.1) is 0 Å². The average Bonchev–Trinajstić information content (AvgIpc) is 2.35. The van der Waals surface area contributed by atoms with E-state index in [4.69, 9.17) is 0 Å². The lowest BCUT2D eigenvalue weighted by molar-refractivity contribution is 0.589. The van der Waals surface area contributed by atoms with Crippen LogP contribution in [0.2, 0.25) is 0 Å². The molecule has 0 fully saturated rings. The quantitative estimate of drug-likeness (QED) is 0.771. The molecule has 1 aliphatic rings. The second-order valence-electron chi connectivity index (χ2n) is 2.66. The fourth-order valence-corrected chi connectivity index (χ4v) is 2.83. The minimum Gasteiger partial charge on any atom is -0.207 e. The van der Waals surface area contributed by atoms with Crippen molar-refractivity contribution in [3.63, 3.8) is 0 Å². The smallest absolute Gasteiger partial charge is 0.207 e. The normalized spacial score (nSPS) is 18.6. The maximum absolute atomic E-state index is 13.3. The first-order valence-electron chi connectivity index (χ1n) is 3.49. The summed E-state index contributed by atoms with van der Waals surface area (Å²) in [6, 6.07) is 2.77. The molecule has 1 aliphatic heterocycles. The molecule has 0 atom stereocenters. The minimum absolute atomic E-state index is 0.0307. The standard InChI is InChI=1S/C7H5BrFNO2S/c8-5-1-2-6-4(7(5)9)3-10-13(6,11)12/h1-2,10H,3H2. The van der Waals surface area contributed by atoms with Crippen LogP contribution in [0.25, 0.3) is 0 Å². The van der Waals surface area contributed by atoms with Crippen molar-refractivity contribution >= 4 is 26.0 Å². The molecule has 0 aromatic heterocycles. The zero-order valence-electron chi connectivity index (χ0n) is 6.34. The van der Waals surface area contributed by atoms with Crippen molar-refractivity contribution in [3.05, 3.63) is 28.0 Å². The summed E-state index contributed by atoms with van der Waals surface area (Å²) in [5.41, 5.74) is 0.203. The predicted molar refractivity (Wildman–Crippen MR) is 48.1 cm³/mol. The SMILES string of the molecule is O=S1(=O)NCc2c1ccc(Br)c2F. The zero-order valence-corrected chi connectivity index (χ0v) is 8.74. The Bertz CT molecular complexity index is 472. The van der Waals surface area contributed by atoms with Crippen molar-refractivity contribution in [3.8, 4) is 0 Å². The van der Waals surface area contributed by atoms with Gasteiger partial charge in [0.25, 0.3) is 0 Å². The second kappa shape index (κ2) is 2.76. The lowest BCUT2D eigenvalue weighted by Gasteiger charge is -1.99. The highest BCUT2D eigenvalue weighted by molar-refractivity contribution is 9.10. The van der Waals surface area contributed by atoms with Gasteiger partial charge in [0.2, 0.25) is 10.0 Å². The van der Waals surface area contributed by atoms with Crippen molar-refractivity contribution in [1.29, 1.82) is 0 Å². The van der Waals surface area contributed by atoms with Gasteiger partial charge in [-0.05, 0) is 28.1 Å². The number of rotatable bonds is 0. The Morgan fingerprint density at radius 3 is 2.85 bits per heavy atom. The van der Waals surface area contributed by atoms with E-state index in [1.54, 1.807) is 0 Å². The first kappa shape index (κ1) is 9.11. The molecular formula is C7H5BrFNO2S. The van der Waals surface area contributed by atoms with Crippen LogP contribution in [0.3, 0.4) is 0 Å². The molecule has 6 heteroatoms. The van der Waals surface area contributed by atoms with Crippen LogP contribution in [0.15, 0.2) is 21.5 Å². The van der Waals surface area contributed by atoms with Gasteiger partial charge in [-0.2, -0.15) is 0 Å². The fraction of sp³-hybridized carbons (Fsp3) is 0.143. The average molecular weight is 266 g/mol. The van der Waals surface area contributed by atoms with Gasteiger partial charge >= 0.3 is 0 Å². The van der Waals surface area contributed by atoms with E-state index in [1.165, 1.54) is 12.1 Å². The van der Waals surface area contributed by atoms with Gasteiger partial charge in [-0.3, -0.25) is 0 Å². The monoisotopic (exact) mass is 265 g/mol. The summed E-state index contributed by atoms with van der Waals surface area (Å²) in [7, 11) is -3.46. The van der Waals surface area contributed by atoms with E-state index in [0.29, 0.717) is 0 Å². The van der Waals surface area contributed by atoms with Crippen LogP contribution in [0.1, 0.15) is 5.56 Å². The van der Waals surface area contributed by atoms with Gasteiger partial charge in [0.1, 0.15) is 5.82 Å². The summed E-state index contributed by atoms with van der Waals surface area (Å²) in [6.45, 7) is 0.0307. The van der Waals surface area contributed by atoms with Crippen molar-refractivity contribution in [2.24, 2.45) is 0 Å². The predicted octanol–water partition coefficient (Wildman–Crippen LogP) is 1.38. The molecule has 0 bridgehead atoms. The fourth-order valence-electron chi connectivity index (χ4n) is 1.24. The van der Waals surface area contributed by atoms with Crippen LogP contribution in [0.5, 0.6) is 0 Å². The van der Waals surface area contributed by atoms with Gasteiger partial charge in [0.05, 0.1) is 9.37 Å². The first-order chi connectivity index (χ1) is 6.02. The zero-order chi connectivity index (χ0) is 9.64. The molecule has 0 spiro atoms. The van der Waals surface area contributed by atoms with E-state index in [-0.39, 0.29) is 21.5 Å². The Labute approximate surface area is 83.1 Å². The molecular weight excluding hydrogens is 261 g/mol. The summed E-state index contributed by atoms with van der Waals surface area (Å²) >= 11 is 2.99. The lowest BCUT2D eigenvalue weighted by Crippen LogP contribution is -2.13. The van der Waals surface area contributed by atoms with Crippen molar-refractivity contribution < 1.29 is 12.8 Å². The summed E-state index contributed by atoms with van der Waals surface area (Å²) in [6.07, 6.45) is 0.